The second-order valence-corrected chi connectivity index (χ2v) is 9.61. The lowest BCUT2D eigenvalue weighted by Gasteiger charge is -2.33. The van der Waals surface area contributed by atoms with Gasteiger partial charge in [-0.25, -0.2) is 9.59 Å². The summed E-state index contributed by atoms with van der Waals surface area (Å²) in [6.07, 6.45) is 1.94. The molecule has 164 valence electrons. The summed E-state index contributed by atoms with van der Waals surface area (Å²) in [6.45, 7) is 9.06. The first-order chi connectivity index (χ1) is 14.7. The maximum Gasteiger partial charge on any atom is 0.410 e. The second kappa shape index (κ2) is 8.37. The van der Waals surface area contributed by atoms with Crippen molar-refractivity contribution in [3.05, 3.63) is 70.3 Å². The summed E-state index contributed by atoms with van der Waals surface area (Å²) < 4.78 is 11.2. The van der Waals surface area contributed by atoms with E-state index < -0.39 is 5.60 Å². The van der Waals surface area contributed by atoms with Crippen LogP contribution in [-0.2, 0) is 15.9 Å². The third-order valence-electron chi connectivity index (χ3n) is 6.18. The maximum atomic E-state index is 12.6. The average molecular weight is 422 g/mol. The van der Waals surface area contributed by atoms with Crippen LogP contribution in [0.15, 0.2) is 42.5 Å². The van der Waals surface area contributed by atoms with Crippen LogP contribution in [0.3, 0.4) is 0 Å². The van der Waals surface area contributed by atoms with E-state index in [-0.39, 0.29) is 18.2 Å². The molecular formula is C26H31NO4. The van der Waals surface area contributed by atoms with Gasteiger partial charge in [0.1, 0.15) is 11.7 Å². The SMILES string of the molecule is Cc1ccccc1CC1OC(=O)c2cc(C3CCN(C(=O)OC(C)(C)C)CC3)ccc21. The van der Waals surface area contributed by atoms with Gasteiger partial charge < -0.3 is 14.4 Å². The number of aryl methyl sites for hydroxylation is 1. The Morgan fingerprint density at radius 3 is 2.52 bits per heavy atom. The molecule has 1 amide bonds. The topological polar surface area (TPSA) is 55.8 Å². The zero-order chi connectivity index (χ0) is 22.2. The second-order valence-electron chi connectivity index (χ2n) is 9.61. The van der Waals surface area contributed by atoms with Crippen molar-refractivity contribution in [3.63, 3.8) is 0 Å². The van der Waals surface area contributed by atoms with E-state index in [0.717, 1.165) is 24.0 Å². The van der Waals surface area contributed by atoms with Gasteiger partial charge in [0.15, 0.2) is 0 Å². The molecule has 2 aliphatic rings. The summed E-state index contributed by atoms with van der Waals surface area (Å²) in [4.78, 5) is 26.7. The number of carbonyl (C=O) groups excluding carboxylic acids is 2. The Morgan fingerprint density at radius 2 is 1.84 bits per heavy atom. The smallest absolute Gasteiger partial charge is 0.410 e. The van der Waals surface area contributed by atoms with Crippen molar-refractivity contribution in [2.24, 2.45) is 0 Å². The number of benzene rings is 2. The fourth-order valence-electron chi connectivity index (χ4n) is 4.45. The average Bonchev–Trinajstić information content (AvgIpc) is 3.03. The standard InChI is InChI=1S/C26H31NO4/c1-17-7-5-6-8-19(17)16-23-21-10-9-20(15-22(21)24(28)30-23)18-11-13-27(14-12-18)25(29)31-26(2,3)4/h5-10,15,18,23H,11-14,16H2,1-4H3. The molecule has 2 aliphatic heterocycles. The normalized spacial score (nSPS) is 19.2. The molecule has 0 spiro atoms. The molecule has 0 bridgehead atoms. The van der Waals surface area contributed by atoms with E-state index >= 15 is 0 Å². The van der Waals surface area contributed by atoms with Crippen LogP contribution in [0.25, 0.3) is 0 Å². The lowest BCUT2D eigenvalue weighted by Crippen LogP contribution is -2.41. The Kier molecular flexibility index (Phi) is 5.78. The molecule has 1 saturated heterocycles. The van der Waals surface area contributed by atoms with Gasteiger partial charge in [0.2, 0.25) is 0 Å². The predicted molar refractivity (Wildman–Crippen MR) is 119 cm³/mol. The molecule has 2 aromatic carbocycles. The molecule has 1 atom stereocenters. The Bertz CT molecular complexity index is 983. The van der Waals surface area contributed by atoms with Crippen LogP contribution >= 0.6 is 0 Å². The number of fused-ring (bicyclic) bond motifs is 1. The molecular weight excluding hydrogens is 390 g/mol. The summed E-state index contributed by atoms with van der Waals surface area (Å²) in [5.41, 5.74) is 4.74. The fourth-order valence-corrected chi connectivity index (χ4v) is 4.45. The molecule has 0 N–H and O–H groups in total. The van der Waals surface area contributed by atoms with E-state index in [1.165, 1.54) is 11.1 Å². The molecule has 31 heavy (non-hydrogen) atoms. The van der Waals surface area contributed by atoms with Crippen LogP contribution in [0.1, 0.15) is 78.2 Å². The predicted octanol–water partition coefficient (Wildman–Crippen LogP) is 5.56. The van der Waals surface area contributed by atoms with Gasteiger partial charge in [-0.15, -0.1) is 0 Å². The quantitative estimate of drug-likeness (QED) is 0.609. The minimum atomic E-state index is -0.483. The number of amides is 1. The van der Waals surface area contributed by atoms with Gasteiger partial charge in [-0.3, -0.25) is 0 Å². The Labute approximate surface area is 184 Å². The van der Waals surface area contributed by atoms with Gasteiger partial charge in [-0.2, -0.15) is 0 Å². The number of nitrogens with zero attached hydrogens (tertiary/aromatic N) is 1. The highest BCUT2D eigenvalue weighted by molar-refractivity contribution is 5.94. The molecule has 4 rings (SSSR count). The van der Waals surface area contributed by atoms with Gasteiger partial charge >= 0.3 is 12.1 Å². The van der Waals surface area contributed by atoms with Gasteiger partial charge in [0.05, 0.1) is 5.56 Å². The molecule has 5 nitrogen and oxygen atoms in total. The van der Waals surface area contributed by atoms with Crippen LogP contribution in [-0.4, -0.2) is 35.7 Å². The minimum absolute atomic E-state index is 0.230. The zero-order valence-electron chi connectivity index (χ0n) is 18.8. The first-order valence-corrected chi connectivity index (χ1v) is 11.1. The summed E-state index contributed by atoms with van der Waals surface area (Å²) in [5, 5.41) is 0. The monoisotopic (exact) mass is 421 g/mol. The third-order valence-corrected chi connectivity index (χ3v) is 6.18. The number of carbonyl (C=O) groups is 2. The van der Waals surface area contributed by atoms with Crippen molar-refractivity contribution in [2.45, 2.75) is 64.6 Å². The number of likely N-dealkylation sites (tertiary alicyclic amines) is 1. The highest BCUT2D eigenvalue weighted by Gasteiger charge is 2.33. The maximum absolute atomic E-state index is 12.6. The lowest BCUT2D eigenvalue weighted by molar-refractivity contribution is 0.0204. The van der Waals surface area contributed by atoms with Gasteiger partial charge in [-0.1, -0.05) is 36.4 Å². The Morgan fingerprint density at radius 1 is 1.13 bits per heavy atom. The number of cyclic esters (lactones) is 1. The molecule has 2 aromatic rings. The molecule has 2 heterocycles. The van der Waals surface area contributed by atoms with E-state index in [1.807, 2.05) is 39.0 Å². The van der Waals surface area contributed by atoms with Crippen molar-refractivity contribution >= 4 is 12.1 Å². The van der Waals surface area contributed by atoms with E-state index in [4.69, 9.17) is 9.47 Å². The van der Waals surface area contributed by atoms with Crippen molar-refractivity contribution in [2.75, 3.05) is 13.1 Å². The van der Waals surface area contributed by atoms with Crippen LogP contribution in [0.5, 0.6) is 0 Å². The summed E-state index contributed by atoms with van der Waals surface area (Å²) in [6, 6.07) is 14.4. The van der Waals surface area contributed by atoms with Crippen LogP contribution < -0.4 is 0 Å². The van der Waals surface area contributed by atoms with Crippen LogP contribution in [0.4, 0.5) is 4.79 Å². The van der Waals surface area contributed by atoms with Gasteiger partial charge in [0, 0.05) is 25.1 Å². The van der Waals surface area contributed by atoms with Gasteiger partial charge in [-0.05, 0) is 69.2 Å². The number of rotatable bonds is 3. The number of hydrogen-bond donors (Lipinski definition) is 0. The largest absolute Gasteiger partial charge is 0.454 e. The van der Waals surface area contributed by atoms with Crippen molar-refractivity contribution < 1.29 is 19.1 Å². The Hall–Kier alpha value is -2.82. The number of esters is 1. The number of ether oxygens (including phenoxy) is 2. The summed E-state index contributed by atoms with van der Waals surface area (Å²) in [5.74, 6) is 0.0915. The molecule has 0 aromatic heterocycles. The van der Waals surface area contributed by atoms with Crippen molar-refractivity contribution in [1.82, 2.24) is 4.90 Å². The minimum Gasteiger partial charge on any atom is -0.454 e. The molecule has 0 aliphatic carbocycles. The molecule has 0 radical (unpaired) electrons. The van der Waals surface area contributed by atoms with Crippen LogP contribution in [0, 0.1) is 6.92 Å². The first-order valence-electron chi connectivity index (χ1n) is 11.1. The Balaban J connectivity index is 1.43. The zero-order valence-corrected chi connectivity index (χ0v) is 18.8. The molecule has 5 heteroatoms. The third kappa shape index (κ3) is 4.76. The van der Waals surface area contributed by atoms with E-state index in [2.05, 4.69) is 31.2 Å². The lowest BCUT2D eigenvalue weighted by atomic mass is 9.87. The summed E-state index contributed by atoms with van der Waals surface area (Å²) in [7, 11) is 0. The van der Waals surface area contributed by atoms with E-state index in [0.29, 0.717) is 31.0 Å². The van der Waals surface area contributed by atoms with Crippen LogP contribution in [0.2, 0.25) is 0 Å². The van der Waals surface area contributed by atoms with Gasteiger partial charge in [0.25, 0.3) is 0 Å². The van der Waals surface area contributed by atoms with Crippen molar-refractivity contribution in [3.8, 4) is 0 Å². The van der Waals surface area contributed by atoms with Crippen molar-refractivity contribution in [1.29, 1.82) is 0 Å². The van der Waals surface area contributed by atoms with E-state index in [1.54, 1.807) is 4.90 Å². The molecule has 0 saturated carbocycles. The highest BCUT2D eigenvalue weighted by atomic mass is 16.6. The molecule has 1 unspecified atom stereocenters. The number of piperidine rings is 1. The fraction of sp³-hybridized carbons (Fsp3) is 0.462. The summed E-state index contributed by atoms with van der Waals surface area (Å²) >= 11 is 0. The first kappa shape index (κ1) is 21.4. The van der Waals surface area contributed by atoms with E-state index in [9.17, 15) is 9.59 Å². The molecule has 1 fully saturated rings. The highest BCUT2D eigenvalue weighted by Crippen LogP contribution is 2.37. The number of hydrogen-bond acceptors (Lipinski definition) is 4.